The standard InChI is InChI=1S/C20H18N3O4/c1-12-6-14(4-5-17(12)22(3)25)20-16-9-19-18(26-11-27-19)8-15(16)7-13(2)23(10-24)21-20/h4-10H,11H2,1-3H3/q+1. The van der Waals surface area contributed by atoms with E-state index in [2.05, 4.69) is 5.10 Å². The normalized spacial score (nSPS) is 14.9. The second-order valence-corrected chi connectivity index (χ2v) is 6.48. The van der Waals surface area contributed by atoms with Gasteiger partial charge in [-0.15, -0.1) is 0 Å². The maximum Gasteiger partial charge on any atom is 0.258 e. The molecule has 0 aromatic heterocycles. The summed E-state index contributed by atoms with van der Waals surface area (Å²) in [5, 5.41) is 5.85. The molecule has 2 aromatic carbocycles. The van der Waals surface area contributed by atoms with E-state index in [4.69, 9.17) is 9.47 Å². The van der Waals surface area contributed by atoms with Crippen LogP contribution in [0, 0.1) is 11.8 Å². The Morgan fingerprint density at radius 2 is 1.89 bits per heavy atom. The Hall–Kier alpha value is -3.48. The highest BCUT2D eigenvalue weighted by Gasteiger charge is 2.24. The Morgan fingerprint density at radius 3 is 2.56 bits per heavy atom. The van der Waals surface area contributed by atoms with Crippen molar-refractivity contribution in [2.45, 2.75) is 13.8 Å². The second kappa shape index (κ2) is 6.35. The van der Waals surface area contributed by atoms with Gasteiger partial charge in [-0.1, -0.05) is 0 Å². The molecule has 0 unspecified atom stereocenters. The highest BCUT2D eigenvalue weighted by Crippen LogP contribution is 2.38. The number of rotatable bonds is 3. The first-order valence-corrected chi connectivity index (χ1v) is 8.45. The van der Waals surface area contributed by atoms with Crippen LogP contribution in [0.25, 0.3) is 6.08 Å². The fourth-order valence-corrected chi connectivity index (χ4v) is 3.29. The first kappa shape index (κ1) is 17.0. The Balaban J connectivity index is 1.93. The van der Waals surface area contributed by atoms with Crippen LogP contribution in [-0.4, -0.2) is 35.7 Å². The summed E-state index contributed by atoms with van der Waals surface area (Å²) in [4.78, 5) is 23.2. The highest BCUT2D eigenvalue weighted by molar-refractivity contribution is 6.16. The highest BCUT2D eigenvalue weighted by atomic mass is 16.7. The van der Waals surface area contributed by atoms with Crippen LogP contribution in [0.3, 0.4) is 0 Å². The molecule has 136 valence electrons. The molecule has 27 heavy (non-hydrogen) atoms. The minimum absolute atomic E-state index is 0.178. The molecular formula is C20H18N3O4+. The van der Waals surface area contributed by atoms with E-state index in [-0.39, 0.29) is 6.79 Å². The van der Waals surface area contributed by atoms with E-state index in [0.717, 1.165) is 27.0 Å². The topological polar surface area (TPSA) is 71.2 Å². The van der Waals surface area contributed by atoms with E-state index in [1.54, 1.807) is 6.07 Å². The third-order valence-corrected chi connectivity index (χ3v) is 4.64. The van der Waals surface area contributed by atoms with Gasteiger partial charge in [-0.2, -0.15) is 5.10 Å². The second-order valence-electron chi connectivity index (χ2n) is 6.48. The zero-order valence-electron chi connectivity index (χ0n) is 15.2. The number of carbonyl (C=O) groups excluding carboxylic acids is 1. The number of hydrogen-bond acceptors (Lipinski definition) is 5. The molecule has 0 radical (unpaired) electrons. The summed E-state index contributed by atoms with van der Waals surface area (Å²) in [5.74, 6) is 1.30. The number of hydrogen-bond donors (Lipinski definition) is 0. The fourth-order valence-electron chi connectivity index (χ4n) is 3.29. The zero-order valence-corrected chi connectivity index (χ0v) is 15.2. The van der Waals surface area contributed by atoms with Crippen molar-refractivity contribution in [2.75, 3.05) is 13.8 Å². The molecule has 0 saturated heterocycles. The van der Waals surface area contributed by atoms with Crippen LogP contribution in [0.2, 0.25) is 0 Å². The minimum Gasteiger partial charge on any atom is -0.454 e. The summed E-state index contributed by atoms with van der Waals surface area (Å²) in [6.07, 6.45) is 2.56. The molecule has 0 atom stereocenters. The lowest BCUT2D eigenvalue weighted by molar-refractivity contribution is -0.428. The van der Waals surface area contributed by atoms with Crippen molar-refractivity contribution in [1.29, 1.82) is 0 Å². The minimum atomic E-state index is 0.178. The molecule has 2 aromatic rings. The van der Waals surface area contributed by atoms with Gasteiger partial charge in [-0.3, -0.25) is 4.79 Å². The van der Waals surface area contributed by atoms with Crippen molar-refractivity contribution >= 4 is 23.9 Å². The van der Waals surface area contributed by atoms with E-state index in [1.807, 2.05) is 44.2 Å². The lowest BCUT2D eigenvalue weighted by Crippen LogP contribution is -2.15. The van der Waals surface area contributed by atoms with Crippen LogP contribution in [0.4, 0.5) is 5.69 Å². The maximum absolute atomic E-state index is 11.7. The van der Waals surface area contributed by atoms with E-state index in [9.17, 15) is 9.70 Å². The number of ether oxygens (including phenoxy) is 2. The summed E-state index contributed by atoms with van der Waals surface area (Å²) in [7, 11) is 1.46. The van der Waals surface area contributed by atoms with Crippen molar-refractivity contribution in [3.63, 3.8) is 0 Å². The van der Waals surface area contributed by atoms with Gasteiger partial charge in [0.1, 0.15) is 0 Å². The largest absolute Gasteiger partial charge is 0.454 e. The van der Waals surface area contributed by atoms with Gasteiger partial charge in [0, 0.05) is 38.1 Å². The van der Waals surface area contributed by atoms with Gasteiger partial charge in [0.15, 0.2) is 18.5 Å². The van der Waals surface area contributed by atoms with Crippen LogP contribution < -0.4 is 9.47 Å². The molecule has 7 nitrogen and oxygen atoms in total. The lowest BCUT2D eigenvalue weighted by atomic mass is 9.95. The molecule has 1 amide bonds. The molecule has 0 N–H and O–H groups in total. The molecule has 2 aliphatic rings. The van der Waals surface area contributed by atoms with Crippen LogP contribution in [0.5, 0.6) is 11.5 Å². The number of allylic oxidation sites excluding steroid dienone is 1. The van der Waals surface area contributed by atoms with Gasteiger partial charge in [-0.25, -0.2) is 5.01 Å². The number of carbonyl (C=O) groups is 1. The average Bonchev–Trinajstić information content (AvgIpc) is 3.03. The zero-order chi connectivity index (χ0) is 19.1. The van der Waals surface area contributed by atoms with Crippen LogP contribution in [-0.2, 0) is 4.79 Å². The number of nitroso groups, excluding NO2 is 1. The Bertz CT molecular complexity index is 1040. The molecule has 0 fully saturated rings. The van der Waals surface area contributed by atoms with Crippen molar-refractivity contribution in [3.8, 4) is 11.5 Å². The van der Waals surface area contributed by atoms with Gasteiger partial charge in [-0.05, 0) is 49.8 Å². The molecule has 2 aliphatic heterocycles. The first-order valence-electron chi connectivity index (χ1n) is 8.45. The summed E-state index contributed by atoms with van der Waals surface area (Å²) >= 11 is 0. The number of fused-ring (bicyclic) bond motifs is 2. The summed E-state index contributed by atoms with van der Waals surface area (Å²) in [5.41, 5.74) is 5.21. The third-order valence-electron chi connectivity index (χ3n) is 4.64. The van der Waals surface area contributed by atoms with E-state index < -0.39 is 0 Å². The molecule has 4 rings (SSSR count). The number of hydrazone groups is 1. The number of aryl methyl sites for hydroxylation is 1. The Morgan fingerprint density at radius 1 is 1.15 bits per heavy atom. The van der Waals surface area contributed by atoms with Crippen molar-refractivity contribution in [2.24, 2.45) is 5.10 Å². The Kier molecular flexibility index (Phi) is 3.99. The van der Waals surface area contributed by atoms with Crippen molar-refractivity contribution < 1.29 is 19.0 Å². The summed E-state index contributed by atoms with van der Waals surface area (Å²) in [6, 6.07) is 9.23. The van der Waals surface area contributed by atoms with Crippen molar-refractivity contribution in [3.05, 3.63) is 63.2 Å². The predicted molar refractivity (Wildman–Crippen MR) is 100 cm³/mol. The SMILES string of the molecule is CC1=Cc2cc3c(cc2C(c2ccc([N+](C)=O)c(C)c2)=NN1C=O)OCO3. The van der Waals surface area contributed by atoms with Gasteiger partial charge in [0.05, 0.1) is 5.71 Å². The smallest absolute Gasteiger partial charge is 0.258 e. The number of benzene rings is 2. The monoisotopic (exact) mass is 364 g/mol. The van der Waals surface area contributed by atoms with Gasteiger partial charge in [0.25, 0.3) is 5.69 Å². The quantitative estimate of drug-likeness (QED) is 0.619. The first-order chi connectivity index (χ1) is 13.0. The third kappa shape index (κ3) is 2.87. The average molecular weight is 364 g/mol. The van der Waals surface area contributed by atoms with E-state index in [1.165, 1.54) is 12.1 Å². The summed E-state index contributed by atoms with van der Waals surface area (Å²) in [6.45, 7) is 3.86. The fraction of sp³-hybridized carbons (Fsp3) is 0.200. The Labute approximate surface area is 156 Å². The predicted octanol–water partition coefficient (Wildman–Crippen LogP) is 3.35. The molecule has 0 saturated carbocycles. The van der Waals surface area contributed by atoms with Gasteiger partial charge < -0.3 is 9.47 Å². The number of nitrogens with zero attached hydrogens (tertiary/aromatic N) is 3. The van der Waals surface area contributed by atoms with E-state index in [0.29, 0.717) is 35.0 Å². The molecule has 2 heterocycles. The van der Waals surface area contributed by atoms with Crippen LogP contribution in [0.15, 0.2) is 41.1 Å². The van der Waals surface area contributed by atoms with Crippen molar-refractivity contribution in [1.82, 2.24) is 5.01 Å². The summed E-state index contributed by atoms with van der Waals surface area (Å²) < 4.78 is 11.8. The van der Waals surface area contributed by atoms with Gasteiger partial charge in [0.2, 0.25) is 13.2 Å². The molecule has 0 aliphatic carbocycles. The van der Waals surface area contributed by atoms with Gasteiger partial charge >= 0.3 is 0 Å². The number of amides is 1. The molecular weight excluding hydrogens is 346 g/mol. The van der Waals surface area contributed by atoms with Crippen LogP contribution in [0.1, 0.15) is 29.2 Å². The lowest BCUT2D eigenvalue weighted by Gasteiger charge is -2.13. The maximum atomic E-state index is 11.7. The molecule has 7 heteroatoms. The van der Waals surface area contributed by atoms with E-state index >= 15 is 0 Å². The molecule has 0 spiro atoms. The molecule has 0 bridgehead atoms. The van der Waals surface area contributed by atoms with Crippen LogP contribution >= 0.6 is 0 Å².